The first-order chi connectivity index (χ1) is 13.1. The number of aromatic nitrogens is 3. The third-order valence-electron chi connectivity index (χ3n) is 4.75. The van der Waals surface area contributed by atoms with Crippen molar-refractivity contribution in [3.8, 4) is 5.75 Å². The van der Waals surface area contributed by atoms with Gasteiger partial charge in [0.15, 0.2) is 11.6 Å². The van der Waals surface area contributed by atoms with Crippen molar-refractivity contribution >= 4 is 5.91 Å². The second-order valence-electron chi connectivity index (χ2n) is 6.48. The maximum Gasteiger partial charge on any atom is 0.451 e. The first-order valence-electron chi connectivity index (χ1n) is 8.49. The molecule has 1 aliphatic rings. The van der Waals surface area contributed by atoms with Crippen molar-refractivity contribution in [2.24, 2.45) is 7.05 Å². The van der Waals surface area contributed by atoms with E-state index in [1.54, 1.807) is 0 Å². The van der Waals surface area contributed by atoms with E-state index >= 15 is 0 Å². The number of carbonyl (C=O) groups excluding carboxylic acids is 1. The summed E-state index contributed by atoms with van der Waals surface area (Å²) in [6, 6.07) is 3.31. The number of carbonyl (C=O) groups is 1. The summed E-state index contributed by atoms with van der Waals surface area (Å²) in [4.78, 5) is 26.1. The molecule has 0 aliphatic carbocycles. The zero-order valence-corrected chi connectivity index (χ0v) is 15.2. The highest BCUT2D eigenvalue weighted by molar-refractivity contribution is 5.94. The topological polar surface area (TPSA) is 69.4 Å². The van der Waals surface area contributed by atoms with E-state index < -0.39 is 35.5 Å². The molecule has 28 heavy (non-hydrogen) atoms. The van der Waals surface area contributed by atoms with Crippen LogP contribution in [0.1, 0.15) is 35.1 Å². The Morgan fingerprint density at radius 3 is 2.39 bits per heavy atom. The van der Waals surface area contributed by atoms with Gasteiger partial charge in [0, 0.05) is 25.7 Å². The first-order valence-corrected chi connectivity index (χ1v) is 8.49. The molecule has 152 valence electrons. The Hall–Kier alpha value is -2.85. The van der Waals surface area contributed by atoms with Crippen molar-refractivity contribution in [1.29, 1.82) is 0 Å². The molecule has 0 bridgehead atoms. The van der Waals surface area contributed by atoms with Crippen LogP contribution in [0.25, 0.3) is 0 Å². The molecule has 1 aromatic heterocycles. The molecule has 0 saturated carbocycles. The van der Waals surface area contributed by atoms with Gasteiger partial charge in [0.1, 0.15) is 0 Å². The smallest absolute Gasteiger partial charge is 0.451 e. The highest BCUT2D eigenvalue weighted by Crippen LogP contribution is 2.28. The van der Waals surface area contributed by atoms with E-state index in [0.717, 1.165) is 17.8 Å². The summed E-state index contributed by atoms with van der Waals surface area (Å²) >= 11 is 0. The van der Waals surface area contributed by atoms with Gasteiger partial charge in [-0.1, -0.05) is 0 Å². The summed E-state index contributed by atoms with van der Waals surface area (Å²) < 4.78 is 58.7. The molecule has 1 aliphatic heterocycles. The average Bonchev–Trinajstić information content (AvgIpc) is 2.96. The summed E-state index contributed by atoms with van der Waals surface area (Å²) in [5.74, 6) is -2.30. The molecular weight excluding hydrogens is 384 g/mol. The number of methoxy groups -OCH3 is 1. The molecule has 11 heteroatoms. The highest BCUT2D eigenvalue weighted by atomic mass is 19.4. The normalized spacial score (nSPS) is 15.7. The molecule has 7 nitrogen and oxygen atoms in total. The summed E-state index contributed by atoms with van der Waals surface area (Å²) in [5.41, 5.74) is -0.708. The quantitative estimate of drug-likeness (QED) is 0.739. The van der Waals surface area contributed by atoms with Crippen LogP contribution in [0.2, 0.25) is 0 Å². The van der Waals surface area contributed by atoms with Crippen LogP contribution in [-0.4, -0.2) is 45.4 Å². The zero-order valence-electron chi connectivity index (χ0n) is 15.2. The van der Waals surface area contributed by atoms with E-state index in [4.69, 9.17) is 4.74 Å². The van der Waals surface area contributed by atoms with Gasteiger partial charge in [-0.15, -0.1) is 5.10 Å². The van der Waals surface area contributed by atoms with E-state index in [2.05, 4.69) is 5.10 Å². The Labute approximate surface area is 157 Å². The van der Waals surface area contributed by atoms with E-state index in [-0.39, 0.29) is 37.2 Å². The molecule has 1 aromatic carbocycles. The molecule has 1 amide bonds. The van der Waals surface area contributed by atoms with E-state index in [0.29, 0.717) is 4.57 Å². The van der Waals surface area contributed by atoms with Gasteiger partial charge >= 0.3 is 11.9 Å². The Morgan fingerprint density at radius 2 is 1.89 bits per heavy atom. The van der Waals surface area contributed by atoms with Gasteiger partial charge in [-0.3, -0.25) is 9.36 Å². The molecule has 0 radical (unpaired) electrons. The van der Waals surface area contributed by atoms with E-state index in [1.807, 2.05) is 0 Å². The number of amides is 1. The molecule has 0 N–H and O–H groups in total. The van der Waals surface area contributed by atoms with Gasteiger partial charge in [0.2, 0.25) is 5.82 Å². The maximum atomic E-state index is 13.8. The number of piperidine rings is 1. The highest BCUT2D eigenvalue weighted by Gasteiger charge is 2.39. The predicted molar refractivity (Wildman–Crippen MR) is 89.6 cm³/mol. The molecule has 1 saturated heterocycles. The Morgan fingerprint density at radius 1 is 1.25 bits per heavy atom. The van der Waals surface area contributed by atoms with E-state index in [1.165, 1.54) is 24.1 Å². The average molecular weight is 402 g/mol. The van der Waals surface area contributed by atoms with Crippen LogP contribution in [0.3, 0.4) is 0 Å². The minimum atomic E-state index is -4.73. The summed E-state index contributed by atoms with van der Waals surface area (Å²) in [6.45, 7) is 0.420. The first kappa shape index (κ1) is 19.9. The molecule has 3 rings (SSSR count). The number of likely N-dealkylation sites (tertiary alicyclic amines) is 1. The van der Waals surface area contributed by atoms with Crippen LogP contribution in [0.4, 0.5) is 17.6 Å². The Balaban J connectivity index is 1.72. The van der Waals surface area contributed by atoms with Crippen molar-refractivity contribution in [2.45, 2.75) is 25.1 Å². The second kappa shape index (κ2) is 7.28. The van der Waals surface area contributed by atoms with Gasteiger partial charge in [-0.05, 0) is 31.0 Å². The number of hydrogen-bond acceptors (Lipinski definition) is 4. The standard InChI is InChI=1S/C17H18F4N4O3/c1-23-15(17(19,20)21)22-25(16(23)27)11-5-7-24(8-6-11)14(26)10-3-4-13(28-2)12(18)9-10/h3-4,9,11H,5-8H2,1-2H3. The maximum absolute atomic E-state index is 13.8. The van der Waals surface area contributed by atoms with Crippen LogP contribution in [0.5, 0.6) is 5.75 Å². The van der Waals surface area contributed by atoms with E-state index in [9.17, 15) is 27.2 Å². The number of hydrogen-bond donors (Lipinski definition) is 0. The molecule has 0 unspecified atom stereocenters. The lowest BCUT2D eigenvalue weighted by Crippen LogP contribution is -2.41. The third kappa shape index (κ3) is 3.60. The van der Waals surface area contributed by atoms with Crippen molar-refractivity contribution in [1.82, 2.24) is 19.2 Å². The SMILES string of the molecule is COc1ccc(C(=O)N2CCC(n3nc(C(F)(F)F)n(C)c3=O)CC2)cc1F. The lowest BCUT2D eigenvalue weighted by Gasteiger charge is -2.31. The number of alkyl halides is 3. The van der Waals surface area contributed by atoms with Crippen molar-refractivity contribution in [2.75, 3.05) is 20.2 Å². The molecular formula is C17H18F4N4O3. The predicted octanol–water partition coefficient (Wildman–Crippen LogP) is 2.23. The Kier molecular flexibility index (Phi) is 5.18. The fourth-order valence-electron chi connectivity index (χ4n) is 3.24. The molecule has 1 fully saturated rings. The molecule has 2 heterocycles. The van der Waals surface area contributed by atoms with Gasteiger partial charge in [-0.25, -0.2) is 13.9 Å². The van der Waals surface area contributed by atoms with Gasteiger partial charge < -0.3 is 9.64 Å². The van der Waals surface area contributed by atoms with Crippen LogP contribution >= 0.6 is 0 Å². The summed E-state index contributed by atoms with van der Waals surface area (Å²) in [5, 5.41) is 3.44. The minimum Gasteiger partial charge on any atom is -0.494 e. The number of ether oxygens (including phenoxy) is 1. The van der Waals surface area contributed by atoms with Gasteiger partial charge in [0.05, 0.1) is 13.2 Å². The summed E-state index contributed by atoms with van der Waals surface area (Å²) in [6.07, 6.45) is -4.20. The monoisotopic (exact) mass is 402 g/mol. The third-order valence-corrected chi connectivity index (χ3v) is 4.75. The zero-order chi connectivity index (χ0) is 20.6. The van der Waals surface area contributed by atoms with Crippen molar-refractivity contribution in [3.63, 3.8) is 0 Å². The van der Waals surface area contributed by atoms with Gasteiger partial charge in [0.25, 0.3) is 5.91 Å². The number of benzene rings is 1. The van der Waals surface area contributed by atoms with Crippen LogP contribution in [-0.2, 0) is 13.2 Å². The lowest BCUT2D eigenvalue weighted by atomic mass is 10.0. The van der Waals surface area contributed by atoms with Crippen molar-refractivity contribution in [3.05, 3.63) is 45.9 Å². The Bertz CT molecular complexity index is 943. The molecule has 0 atom stereocenters. The lowest BCUT2D eigenvalue weighted by molar-refractivity contribution is -0.147. The molecule has 2 aromatic rings. The van der Waals surface area contributed by atoms with Crippen LogP contribution in [0, 0.1) is 5.82 Å². The number of nitrogens with zero attached hydrogens (tertiary/aromatic N) is 4. The van der Waals surface area contributed by atoms with Gasteiger partial charge in [-0.2, -0.15) is 13.2 Å². The number of halogens is 4. The van der Waals surface area contributed by atoms with Crippen molar-refractivity contribution < 1.29 is 27.1 Å². The largest absolute Gasteiger partial charge is 0.494 e. The number of rotatable bonds is 3. The summed E-state index contributed by atoms with van der Waals surface area (Å²) in [7, 11) is 2.33. The van der Waals surface area contributed by atoms with Crippen LogP contribution < -0.4 is 10.4 Å². The fraction of sp³-hybridized carbons (Fsp3) is 0.471. The van der Waals surface area contributed by atoms with Crippen LogP contribution in [0.15, 0.2) is 23.0 Å². The molecule has 0 spiro atoms. The second-order valence-corrected chi connectivity index (χ2v) is 6.48. The minimum absolute atomic E-state index is 0.0188. The fourth-order valence-corrected chi connectivity index (χ4v) is 3.24.